The van der Waals surface area contributed by atoms with Crippen molar-refractivity contribution in [2.75, 3.05) is 26.7 Å². The number of likely N-dealkylation sites (tertiary alicyclic amines) is 1. The maximum Gasteiger partial charge on any atom is 0.0328 e. The molecule has 0 amide bonds. The molecule has 1 aromatic rings. The van der Waals surface area contributed by atoms with Crippen molar-refractivity contribution in [1.82, 2.24) is 10.2 Å². The van der Waals surface area contributed by atoms with E-state index in [1.807, 2.05) is 18.4 Å². The van der Waals surface area contributed by atoms with E-state index >= 15 is 0 Å². The number of nitrogens with zero attached hydrogens (tertiary/aromatic N) is 1. The van der Waals surface area contributed by atoms with E-state index in [2.05, 4.69) is 27.7 Å². The number of hydrogen-bond donors (Lipinski definition) is 1. The topological polar surface area (TPSA) is 15.3 Å². The molecule has 1 atom stereocenters. The van der Waals surface area contributed by atoms with Gasteiger partial charge in [0.05, 0.1) is 0 Å². The van der Waals surface area contributed by atoms with Gasteiger partial charge in [-0.15, -0.1) is 23.7 Å². The standard InChI is InChI=1S/C11H18N2S.ClH/c1-12-7-10-4-5-13(8-10)9-11-3-2-6-14-11;/h2-3,6,10,12H,4-5,7-9H2,1H3;1H. The van der Waals surface area contributed by atoms with Crippen LogP contribution in [-0.4, -0.2) is 31.6 Å². The third-order valence-electron chi connectivity index (χ3n) is 2.82. The summed E-state index contributed by atoms with van der Waals surface area (Å²) in [6, 6.07) is 4.37. The Kier molecular flexibility index (Phi) is 5.61. The lowest BCUT2D eigenvalue weighted by Gasteiger charge is -2.14. The molecule has 0 aliphatic carbocycles. The Hall–Kier alpha value is -0.0900. The van der Waals surface area contributed by atoms with E-state index in [1.165, 1.54) is 30.9 Å². The molecular weight excluding hydrogens is 228 g/mol. The van der Waals surface area contributed by atoms with Gasteiger partial charge in [-0.1, -0.05) is 6.07 Å². The summed E-state index contributed by atoms with van der Waals surface area (Å²) < 4.78 is 0. The molecule has 2 heterocycles. The molecule has 4 heteroatoms. The van der Waals surface area contributed by atoms with Crippen LogP contribution in [0.3, 0.4) is 0 Å². The quantitative estimate of drug-likeness (QED) is 0.877. The molecular formula is C11H19ClN2S. The van der Waals surface area contributed by atoms with Crippen molar-refractivity contribution in [1.29, 1.82) is 0 Å². The number of halogens is 1. The Morgan fingerprint density at radius 2 is 2.47 bits per heavy atom. The average Bonchev–Trinajstić information content (AvgIpc) is 2.79. The molecule has 1 fully saturated rings. The molecule has 0 aromatic carbocycles. The first-order chi connectivity index (χ1) is 6.88. The van der Waals surface area contributed by atoms with Gasteiger partial charge in [0.25, 0.3) is 0 Å². The maximum absolute atomic E-state index is 3.26. The van der Waals surface area contributed by atoms with E-state index in [-0.39, 0.29) is 12.4 Å². The van der Waals surface area contributed by atoms with Gasteiger partial charge in [-0.05, 0) is 43.9 Å². The van der Waals surface area contributed by atoms with Gasteiger partial charge in [-0.2, -0.15) is 0 Å². The first kappa shape index (κ1) is 13.0. The summed E-state index contributed by atoms with van der Waals surface area (Å²) in [6.45, 7) is 4.85. The Balaban J connectivity index is 0.00000112. The molecule has 1 aliphatic rings. The fourth-order valence-corrected chi connectivity index (χ4v) is 2.88. The van der Waals surface area contributed by atoms with Crippen molar-refractivity contribution in [3.8, 4) is 0 Å². The van der Waals surface area contributed by atoms with Crippen molar-refractivity contribution >= 4 is 23.7 Å². The Morgan fingerprint density at radius 3 is 3.13 bits per heavy atom. The third kappa shape index (κ3) is 3.76. The van der Waals surface area contributed by atoms with Crippen molar-refractivity contribution in [3.05, 3.63) is 22.4 Å². The highest BCUT2D eigenvalue weighted by Gasteiger charge is 2.21. The fraction of sp³-hybridized carbons (Fsp3) is 0.636. The van der Waals surface area contributed by atoms with Crippen LogP contribution < -0.4 is 5.32 Å². The minimum absolute atomic E-state index is 0. The molecule has 2 nitrogen and oxygen atoms in total. The first-order valence-electron chi connectivity index (χ1n) is 5.28. The van der Waals surface area contributed by atoms with E-state index in [0.717, 1.165) is 12.5 Å². The van der Waals surface area contributed by atoms with Gasteiger partial charge >= 0.3 is 0 Å². The van der Waals surface area contributed by atoms with Crippen LogP contribution in [0.5, 0.6) is 0 Å². The Morgan fingerprint density at radius 1 is 1.60 bits per heavy atom. The SMILES string of the molecule is CNCC1CCN(Cc2cccs2)C1.Cl. The summed E-state index contributed by atoms with van der Waals surface area (Å²) in [5, 5.41) is 5.43. The minimum Gasteiger partial charge on any atom is -0.319 e. The lowest BCUT2D eigenvalue weighted by atomic mass is 10.1. The highest BCUT2D eigenvalue weighted by molar-refractivity contribution is 7.09. The molecule has 1 saturated heterocycles. The summed E-state index contributed by atoms with van der Waals surface area (Å²) in [5.41, 5.74) is 0. The van der Waals surface area contributed by atoms with Gasteiger partial charge in [0.1, 0.15) is 0 Å². The number of thiophene rings is 1. The van der Waals surface area contributed by atoms with Gasteiger partial charge in [-0.25, -0.2) is 0 Å². The molecule has 1 aliphatic heterocycles. The van der Waals surface area contributed by atoms with Gasteiger partial charge in [-0.3, -0.25) is 4.90 Å². The predicted octanol–water partition coefficient (Wildman–Crippen LogP) is 2.21. The maximum atomic E-state index is 3.26. The van der Waals surface area contributed by atoms with Crippen LogP contribution in [0, 0.1) is 5.92 Å². The van der Waals surface area contributed by atoms with Crippen LogP contribution in [0.1, 0.15) is 11.3 Å². The smallest absolute Gasteiger partial charge is 0.0328 e. The summed E-state index contributed by atoms with van der Waals surface area (Å²) in [6.07, 6.45) is 1.35. The van der Waals surface area contributed by atoms with E-state index in [4.69, 9.17) is 0 Å². The van der Waals surface area contributed by atoms with E-state index in [1.54, 1.807) is 0 Å². The van der Waals surface area contributed by atoms with E-state index in [0.29, 0.717) is 0 Å². The van der Waals surface area contributed by atoms with E-state index in [9.17, 15) is 0 Å². The third-order valence-corrected chi connectivity index (χ3v) is 3.68. The fourth-order valence-electron chi connectivity index (χ4n) is 2.13. The highest BCUT2D eigenvalue weighted by Crippen LogP contribution is 2.19. The molecule has 0 bridgehead atoms. The number of hydrogen-bond acceptors (Lipinski definition) is 3. The average molecular weight is 247 g/mol. The van der Waals surface area contributed by atoms with Crippen LogP contribution in [-0.2, 0) is 6.54 Å². The second kappa shape index (κ2) is 6.48. The zero-order chi connectivity index (χ0) is 9.80. The molecule has 0 radical (unpaired) electrons. The molecule has 1 aromatic heterocycles. The second-order valence-corrected chi connectivity index (χ2v) is 5.06. The molecule has 0 spiro atoms. The molecule has 0 saturated carbocycles. The van der Waals surface area contributed by atoms with Crippen LogP contribution in [0.25, 0.3) is 0 Å². The highest BCUT2D eigenvalue weighted by atomic mass is 35.5. The summed E-state index contributed by atoms with van der Waals surface area (Å²) in [5.74, 6) is 0.861. The van der Waals surface area contributed by atoms with Crippen LogP contribution in [0.2, 0.25) is 0 Å². The molecule has 1 unspecified atom stereocenters. The molecule has 2 rings (SSSR count). The summed E-state index contributed by atoms with van der Waals surface area (Å²) in [7, 11) is 2.04. The van der Waals surface area contributed by atoms with Crippen molar-refractivity contribution in [2.24, 2.45) is 5.92 Å². The number of nitrogens with one attached hydrogen (secondary N) is 1. The molecule has 15 heavy (non-hydrogen) atoms. The van der Waals surface area contributed by atoms with Gasteiger partial charge in [0.2, 0.25) is 0 Å². The Bertz CT molecular complexity index is 264. The lowest BCUT2D eigenvalue weighted by Crippen LogP contribution is -2.24. The van der Waals surface area contributed by atoms with E-state index < -0.39 is 0 Å². The zero-order valence-electron chi connectivity index (χ0n) is 9.11. The largest absolute Gasteiger partial charge is 0.319 e. The summed E-state index contributed by atoms with van der Waals surface area (Å²) >= 11 is 1.87. The molecule has 1 N–H and O–H groups in total. The summed E-state index contributed by atoms with van der Waals surface area (Å²) in [4.78, 5) is 4.06. The van der Waals surface area contributed by atoms with Gasteiger partial charge in [0.15, 0.2) is 0 Å². The minimum atomic E-state index is 0. The first-order valence-corrected chi connectivity index (χ1v) is 6.16. The van der Waals surface area contributed by atoms with Crippen LogP contribution in [0.15, 0.2) is 17.5 Å². The van der Waals surface area contributed by atoms with Crippen LogP contribution >= 0.6 is 23.7 Å². The Labute approximate surface area is 102 Å². The van der Waals surface area contributed by atoms with Gasteiger partial charge in [0, 0.05) is 18.0 Å². The van der Waals surface area contributed by atoms with Crippen molar-refractivity contribution in [3.63, 3.8) is 0 Å². The molecule has 86 valence electrons. The zero-order valence-corrected chi connectivity index (χ0v) is 10.7. The monoisotopic (exact) mass is 246 g/mol. The number of rotatable bonds is 4. The van der Waals surface area contributed by atoms with Gasteiger partial charge < -0.3 is 5.32 Å². The van der Waals surface area contributed by atoms with Crippen molar-refractivity contribution < 1.29 is 0 Å². The van der Waals surface area contributed by atoms with Crippen LogP contribution in [0.4, 0.5) is 0 Å². The second-order valence-electron chi connectivity index (χ2n) is 4.03. The predicted molar refractivity (Wildman–Crippen MR) is 68.9 cm³/mol. The lowest BCUT2D eigenvalue weighted by molar-refractivity contribution is 0.318. The normalized spacial score (nSPS) is 21.5. The van der Waals surface area contributed by atoms with Crippen molar-refractivity contribution in [2.45, 2.75) is 13.0 Å².